The Balaban J connectivity index is 1.52. The van der Waals surface area contributed by atoms with Crippen LogP contribution in [0.1, 0.15) is 46.0 Å². The van der Waals surface area contributed by atoms with Crippen molar-refractivity contribution >= 4 is 17.5 Å². The Labute approximate surface area is 194 Å². The van der Waals surface area contributed by atoms with Crippen LogP contribution in [-0.4, -0.2) is 48.9 Å². The van der Waals surface area contributed by atoms with Crippen molar-refractivity contribution in [3.63, 3.8) is 0 Å². The zero-order chi connectivity index (χ0) is 22.5. The van der Waals surface area contributed by atoms with Gasteiger partial charge in [0, 0.05) is 23.5 Å². The van der Waals surface area contributed by atoms with Crippen LogP contribution in [0.3, 0.4) is 0 Å². The lowest BCUT2D eigenvalue weighted by Crippen LogP contribution is -2.21. The molecule has 1 aromatic carbocycles. The Morgan fingerprint density at radius 2 is 1.84 bits per heavy atom. The number of carbonyl (C=O) groups excluding carboxylic acids is 1. The summed E-state index contributed by atoms with van der Waals surface area (Å²) in [6.07, 6.45) is 4.34. The van der Waals surface area contributed by atoms with E-state index >= 15 is 0 Å². The molecule has 1 aliphatic heterocycles. The van der Waals surface area contributed by atoms with Crippen LogP contribution in [0, 0.1) is 13.8 Å². The van der Waals surface area contributed by atoms with Gasteiger partial charge in [-0.15, -0.1) is 16.8 Å². The molecule has 2 aromatic heterocycles. The number of aryl methyl sites for hydroxylation is 1. The summed E-state index contributed by atoms with van der Waals surface area (Å²) < 4.78 is 4.30. The number of hydrogen-bond acceptors (Lipinski definition) is 5. The van der Waals surface area contributed by atoms with Crippen molar-refractivity contribution < 1.29 is 4.79 Å². The lowest BCUT2D eigenvalue weighted by atomic mass is 10.2. The fourth-order valence-corrected chi connectivity index (χ4v) is 5.15. The van der Waals surface area contributed by atoms with E-state index < -0.39 is 0 Å². The normalized spacial score (nSPS) is 14.2. The number of thioether (sulfide) groups is 1. The molecule has 0 bridgehead atoms. The molecule has 0 atom stereocenters. The topological polar surface area (TPSA) is 56.0 Å². The SMILES string of the molecule is C=CCn1c(C)cc(C(=O)CSc2nnc(CN3CCCC3)n2Cc2ccccc2)c1C. The second kappa shape index (κ2) is 10.3. The van der Waals surface area contributed by atoms with E-state index in [4.69, 9.17) is 0 Å². The van der Waals surface area contributed by atoms with Gasteiger partial charge in [0.2, 0.25) is 0 Å². The molecular weight excluding hydrogens is 418 g/mol. The first-order valence-electron chi connectivity index (χ1n) is 11.2. The minimum Gasteiger partial charge on any atom is -0.345 e. The highest BCUT2D eigenvalue weighted by atomic mass is 32.2. The zero-order valence-electron chi connectivity index (χ0n) is 19.0. The number of ketones is 1. The maximum atomic E-state index is 13.0. The largest absolute Gasteiger partial charge is 0.345 e. The summed E-state index contributed by atoms with van der Waals surface area (Å²) in [4.78, 5) is 15.5. The second-order valence-corrected chi connectivity index (χ2v) is 9.29. The molecule has 0 radical (unpaired) electrons. The smallest absolute Gasteiger partial charge is 0.192 e. The monoisotopic (exact) mass is 449 g/mol. The molecule has 6 nitrogen and oxygen atoms in total. The average molecular weight is 450 g/mol. The first-order chi connectivity index (χ1) is 15.6. The summed E-state index contributed by atoms with van der Waals surface area (Å²) in [5.74, 6) is 1.43. The van der Waals surface area contributed by atoms with Crippen molar-refractivity contribution in [2.24, 2.45) is 0 Å². The number of nitrogens with zero attached hydrogens (tertiary/aromatic N) is 5. The maximum Gasteiger partial charge on any atom is 0.192 e. The van der Waals surface area contributed by atoms with Crippen molar-refractivity contribution in [3.8, 4) is 0 Å². The van der Waals surface area contributed by atoms with Gasteiger partial charge in [0.15, 0.2) is 10.9 Å². The van der Waals surface area contributed by atoms with Gasteiger partial charge < -0.3 is 9.13 Å². The third-order valence-electron chi connectivity index (χ3n) is 6.06. The van der Waals surface area contributed by atoms with Crippen LogP contribution in [0.15, 0.2) is 54.2 Å². The molecule has 0 amide bonds. The quantitative estimate of drug-likeness (QED) is 0.259. The molecule has 1 saturated heterocycles. The minimum absolute atomic E-state index is 0.119. The highest BCUT2D eigenvalue weighted by Crippen LogP contribution is 2.24. The predicted octanol–water partition coefficient (Wildman–Crippen LogP) is 4.50. The number of hydrogen-bond donors (Lipinski definition) is 0. The van der Waals surface area contributed by atoms with E-state index in [2.05, 4.69) is 55.1 Å². The Morgan fingerprint density at radius 1 is 1.09 bits per heavy atom. The second-order valence-electron chi connectivity index (χ2n) is 8.35. The van der Waals surface area contributed by atoms with Crippen molar-refractivity contribution in [2.45, 2.75) is 51.5 Å². The summed E-state index contributed by atoms with van der Waals surface area (Å²) in [6.45, 7) is 12.3. The van der Waals surface area contributed by atoms with E-state index in [9.17, 15) is 4.79 Å². The van der Waals surface area contributed by atoms with E-state index in [1.807, 2.05) is 32.1 Å². The zero-order valence-corrected chi connectivity index (χ0v) is 19.8. The molecule has 0 saturated carbocycles. The highest BCUT2D eigenvalue weighted by Gasteiger charge is 2.21. The van der Waals surface area contributed by atoms with E-state index in [1.54, 1.807) is 0 Å². The van der Waals surface area contributed by atoms with Crippen molar-refractivity contribution in [2.75, 3.05) is 18.8 Å². The van der Waals surface area contributed by atoms with Crippen LogP contribution in [-0.2, 0) is 19.6 Å². The number of benzene rings is 1. The third-order valence-corrected chi connectivity index (χ3v) is 7.03. The van der Waals surface area contributed by atoms with Gasteiger partial charge >= 0.3 is 0 Å². The van der Waals surface area contributed by atoms with E-state index in [-0.39, 0.29) is 5.78 Å². The molecule has 0 N–H and O–H groups in total. The maximum absolute atomic E-state index is 13.0. The summed E-state index contributed by atoms with van der Waals surface area (Å²) in [6, 6.07) is 12.3. The van der Waals surface area contributed by atoms with Gasteiger partial charge in [0.1, 0.15) is 5.82 Å². The standard InChI is InChI=1S/C25H31N5OS/c1-4-12-29-19(2)15-22(20(29)3)23(31)18-32-25-27-26-24(17-28-13-8-9-14-28)30(25)16-21-10-6-5-7-11-21/h4-7,10-11,15H,1,8-9,12-14,16-18H2,2-3H3. The van der Waals surface area contributed by atoms with Crippen LogP contribution >= 0.6 is 11.8 Å². The van der Waals surface area contributed by atoms with Crippen molar-refractivity contribution in [3.05, 3.63) is 77.4 Å². The van der Waals surface area contributed by atoms with Gasteiger partial charge in [-0.25, -0.2) is 0 Å². The molecule has 0 unspecified atom stereocenters. The molecule has 32 heavy (non-hydrogen) atoms. The minimum atomic E-state index is 0.119. The fraction of sp³-hybridized carbons (Fsp3) is 0.400. The van der Waals surface area contributed by atoms with Gasteiger partial charge in [-0.05, 0) is 51.4 Å². The molecule has 1 fully saturated rings. The van der Waals surface area contributed by atoms with E-state index in [0.29, 0.717) is 18.8 Å². The molecular formula is C25H31N5OS. The molecule has 0 aliphatic carbocycles. The van der Waals surface area contributed by atoms with E-state index in [1.165, 1.54) is 30.2 Å². The third kappa shape index (κ3) is 5.05. The van der Waals surface area contributed by atoms with Gasteiger partial charge in [-0.2, -0.15) is 0 Å². The number of carbonyl (C=O) groups is 1. The van der Waals surface area contributed by atoms with Crippen molar-refractivity contribution in [1.29, 1.82) is 0 Å². The molecule has 7 heteroatoms. The molecule has 3 heterocycles. The van der Waals surface area contributed by atoms with Crippen LogP contribution < -0.4 is 0 Å². The van der Waals surface area contributed by atoms with Crippen LogP contribution in [0.25, 0.3) is 0 Å². The summed E-state index contributed by atoms with van der Waals surface area (Å²) in [5, 5.41) is 9.79. The van der Waals surface area contributed by atoms with Crippen LogP contribution in [0.2, 0.25) is 0 Å². The lowest BCUT2D eigenvalue weighted by molar-refractivity contribution is 0.102. The number of likely N-dealkylation sites (tertiary alicyclic amines) is 1. The molecule has 168 valence electrons. The fourth-order valence-electron chi connectivity index (χ4n) is 4.31. The van der Waals surface area contributed by atoms with Gasteiger partial charge in [-0.3, -0.25) is 9.69 Å². The predicted molar refractivity (Wildman–Crippen MR) is 129 cm³/mol. The van der Waals surface area contributed by atoms with Crippen LogP contribution in [0.4, 0.5) is 0 Å². The molecule has 4 rings (SSSR count). The first-order valence-corrected chi connectivity index (χ1v) is 12.2. The number of rotatable bonds is 10. The van der Waals surface area contributed by atoms with E-state index in [0.717, 1.165) is 47.6 Å². The summed E-state index contributed by atoms with van der Waals surface area (Å²) in [7, 11) is 0. The first kappa shape index (κ1) is 22.6. The van der Waals surface area contributed by atoms with Crippen LogP contribution in [0.5, 0.6) is 0 Å². The highest BCUT2D eigenvalue weighted by molar-refractivity contribution is 7.99. The van der Waals surface area contributed by atoms with Crippen molar-refractivity contribution in [1.82, 2.24) is 24.2 Å². The molecule has 1 aliphatic rings. The summed E-state index contributed by atoms with van der Waals surface area (Å²) in [5.41, 5.74) is 4.06. The Morgan fingerprint density at radius 3 is 2.56 bits per heavy atom. The van der Waals surface area contributed by atoms with Gasteiger partial charge in [0.25, 0.3) is 0 Å². The Kier molecular flexibility index (Phi) is 7.27. The molecule has 3 aromatic rings. The van der Waals surface area contributed by atoms with Gasteiger partial charge in [-0.1, -0.05) is 48.2 Å². The average Bonchev–Trinajstić information content (AvgIpc) is 3.51. The Hall–Kier alpha value is -2.64. The lowest BCUT2D eigenvalue weighted by Gasteiger charge is -2.16. The number of Topliss-reactive ketones (excluding diaryl/α,β-unsaturated/α-hetero) is 1. The van der Waals surface area contributed by atoms with Gasteiger partial charge in [0.05, 0.1) is 18.8 Å². The summed E-state index contributed by atoms with van der Waals surface area (Å²) >= 11 is 1.48. The number of allylic oxidation sites excluding steroid dienone is 1. The Bertz CT molecular complexity index is 1080. The number of aromatic nitrogens is 4. The molecule has 0 spiro atoms.